The number of nitrogens with zero attached hydrogens (tertiary/aromatic N) is 4. The molecule has 164 valence electrons. The van der Waals surface area contributed by atoms with Crippen molar-refractivity contribution in [3.05, 3.63) is 70.1 Å². The maximum atomic E-state index is 13.0. The van der Waals surface area contributed by atoms with Crippen LogP contribution in [0.3, 0.4) is 0 Å². The Hall–Kier alpha value is -2.55. The molecule has 1 saturated heterocycles. The fourth-order valence-corrected chi connectivity index (χ4v) is 5.49. The molecule has 0 unspecified atom stereocenters. The average molecular weight is 441 g/mol. The molecule has 4 rings (SSSR count). The summed E-state index contributed by atoms with van der Waals surface area (Å²) in [6, 6.07) is 14.7. The van der Waals surface area contributed by atoms with Crippen LogP contribution in [0, 0.1) is 6.92 Å². The fraction of sp³-hybridized carbons (Fsp3) is 0.391. The number of hydrogen-bond donors (Lipinski definition) is 0. The molecule has 1 aliphatic heterocycles. The monoisotopic (exact) mass is 440 g/mol. The summed E-state index contributed by atoms with van der Waals surface area (Å²) < 4.78 is 29.0. The summed E-state index contributed by atoms with van der Waals surface area (Å²) in [6.45, 7) is 6.23. The van der Waals surface area contributed by atoms with Crippen LogP contribution in [-0.4, -0.2) is 53.6 Å². The molecule has 0 N–H and O–H groups in total. The molecule has 3 aromatic rings. The van der Waals surface area contributed by atoms with Crippen molar-refractivity contribution in [2.24, 2.45) is 0 Å². The third-order valence-corrected chi connectivity index (χ3v) is 7.73. The largest absolute Gasteiger partial charge is 0.282 e. The van der Waals surface area contributed by atoms with Crippen molar-refractivity contribution in [1.82, 2.24) is 19.0 Å². The predicted molar refractivity (Wildman–Crippen MR) is 122 cm³/mol. The van der Waals surface area contributed by atoms with Crippen molar-refractivity contribution >= 4 is 20.8 Å². The Morgan fingerprint density at radius 3 is 2.23 bits per heavy atom. The first kappa shape index (κ1) is 21.7. The second-order valence-corrected chi connectivity index (χ2v) is 9.93. The number of benzene rings is 2. The van der Waals surface area contributed by atoms with Gasteiger partial charge in [-0.2, -0.15) is 9.40 Å². The lowest BCUT2D eigenvalue weighted by atomic mass is 10.1. The lowest BCUT2D eigenvalue weighted by Gasteiger charge is -2.33. The molecule has 1 aliphatic rings. The quantitative estimate of drug-likeness (QED) is 0.589. The van der Waals surface area contributed by atoms with E-state index in [0.29, 0.717) is 43.1 Å². The van der Waals surface area contributed by atoms with E-state index in [0.717, 1.165) is 29.5 Å². The molecule has 0 saturated carbocycles. The Balaban J connectivity index is 1.45. The topological polar surface area (TPSA) is 75.5 Å². The Morgan fingerprint density at radius 1 is 0.935 bits per heavy atom. The van der Waals surface area contributed by atoms with Crippen LogP contribution in [0.2, 0.25) is 0 Å². The molecule has 0 radical (unpaired) electrons. The van der Waals surface area contributed by atoms with Crippen LogP contribution in [0.1, 0.15) is 24.6 Å². The van der Waals surface area contributed by atoms with Crippen LogP contribution in [0.5, 0.6) is 0 Å². The van der Waals surface area contributed by atoms with Gasteiger partial charge in [0.05, 0.1) is 22.6 Å². The maximum absolute atomic E-state index is 13.0. The zero-order valence-corrected chi connectivity index (χ0v) is 18.8. The van der Waals surface area contributed by atoms with Gasteiger partial charge in [-0.3, -0.25) is 9.69 Å². The number of aromatic nitrogens is 2. The van der Waals surface area contributed by atoms with Gasteiger partial charge >= 0.3 is 0 Å². The van der Waals surface area contributed by atoms with Crippen molar-refractivity contribution in [2.75, 3.05) is 26.2 Å². The number of rotatable bonds is 6. The van der Waals surface area contributed by atoms with Gasteiger partial charge in [0.15, 0.2) is 0 Å². The Kier molecular flexibility index (Phi) is 6.22. The lowest BCUT2D eigenvalue weighted by Crippen LogP contribution is -2.49. The summed E-state index contributed by atoms with van der Waals surface area (Å²) in [5, 5.41) is 5.98. The normalized spacial score (nSPS) is 16.1. The Bertz CT molecular complexity index is 1230. The molecule has 2 aromatic carbocycles. The van der Waals surface area contributed by atoms with E-state index < -0.39 is 10.0 Å². The molecule has 8 heteroatoms. The van der Waals surface area contributed by atoms with Crippen molar-refractivity contribution in [2.45, 2.75) is 38.3 Å². The third-order valence-electron chi connectivity index (χ3n) is 5.82. The summed E-state index contributed by atoms with van der Waals surface area (Å²) in [5.74, 6) is 0. The van der Waals surface area contributed by atoms with Gasteiger partial charge in [0, 0.05) is 31.6 Å². The first-order valence-electron chi connectivity index (χ1n) is 10.7. The summed E-state index contributed by atoms with van der Waals surface area (Å²) in [6.07, 6.45) is 1.98. The predicted octanol–water partition coefficient (Wildman–Crippen LogP) is 2.62. The van der Waals surface area contributed by atoms with Crippen molar-refractivity contribution < 1.29 is 8.42 Å². The molecule has 7 nitrogen and oxygen atoms in total. The lowest BCUT2D eigenvalue weighted by molar-refractivity contribution is 0.143. The van der Waals surface area contributed by atoms with Crippen LogP contribution in [0.15, 0.2) is 58.2 Å². The van der Waals surface area contributed by atoms with Crippen molar-refractivity contribution in [1.29, 1.82) is 0 Å². The van der Waals surface area contributed by atoms with Gasteiger partial charge < -0.3 is 0 Å². The van der Waals surface area contributed by atoms with E-state index in [1.807, 2.05) is 43.3 Å². The van der Waals surface area contributed by atoms with Gasteiger partial charge in [-0.05, 0) is 37.1 Å². The zero-order chi connectivity index (χ0) is 22.0. The SMILES string of the molecule is CCCc1ccc(S(=O)(=O)N2CCN(Cn3nc(C)c4ccccc4c3=O)CC2)cc1. The summed E-state index contributed by atoms with van der Waals surface area (Å²) in [4.78, 5) is 15.2. The molecule has 0 aliphatic carbocycles. The van der Waals surface area contributed by atoms with E-state index in [2.05, 4.69) is 16.9 Å². The number of aryl methyl sites for hydroxylation is 2. The Morgan fingerprint density at radius 2 is 1.58 bits per heavy atom. The summed E-state index contributed by atoms with van der Waals surface area (Å²) >= 11 is 0. The van der Waals surface area contributed by atoms with Gasteiger partial charge in [-0.25, -0.2) is 13.1 Å². The standard InChI is InChI=1S/C23H28N4O3S/c1-3-6-19-9-11-20(12-10-19)31(29,30)26-15-13-25(14-16-26)17-27-23(28)22-8-5-4-7-21(22)18(2)24-27/h4-5,7-12H,3,6,13-17H2,1-2H3. The van der Waals surface area contributed by atoms with Gasteiger partial charge in [-0.15, -0.1) is 0 Å². The van der Waals surface area contributed by atoms with Gasteiger partial charge in [0.25, 0.3) is 5.56 Å². The molecule has 1 aromatic heterocycles. The zero-order valence-electron chi connectivity index (χ0n) is 18.0. The highest BCUT2D eigenvalue weighted by Crippen LogP contribution is 2.19. The molecular weight excluding hydrogens is 412 g/mol. The highest BCUT2D eigenvalue weighted by atomic mass is 32.2. The number of fused-ring (bicyclic) bond motifs is 1. The molecule has 0 spiro atoms. The molecule has 2 heterocycles. The molecule has 0 amide bonds. The molecule has 31 heavy (non-hydrogen) atoms. The molecule has 0 atom stereocenters. The molecule has 0 bridgehead atoms. The highest BCUT2D eigenvalue weighted by molar-refractivity contribution is 7.89. The first-order chi connectivity index (χ1) is 14.9. The minimum absolute atomic E-state index is 0.122. The van der Waals surface area contributed by atoms with Crippen molar-refractivity contribution in [3.8, 4) is 0 Å². The number of hydrogen-bond acceptors (Lipinski definition) is 5. The van der Waals surface area contributed by atoms with E-state index in [1.54, 1.807) is 12.1 Å². The Labute approximate surface area is 183 Å². The summed E-state index contributed by atoms with van der Waals surface area (Å²) in [5.41, 5.74) is 1.83. The highest BCUT2D eigenvalue weighted by Gasteiger charge is 2.28. The van der Waals surface area contributed by atoms with Crippen LogP contribution in [0.25, 0.3) is 10.8 Å². The average Bonchev–Trinajstić information content (AvgIpc) is 2.78. The minimum Gasteiger partial charge on any atom is -0.282 e. The van der Waals surface area contributed by atoms with E-state index in [1.165, 1.54) is 8.99 Å². The van der Waals surface area contributed by atoms with E-state index >= 15 is 0 Å². The maximum Gasteiger partial charge on any atom is 0.275 e. The minimum atomic E-state index is -3.51. The van der Waals surface area contributed by atoms with Gasteiger partial charge in [-0.1, -0.05) is 43.7 Å². The molecular formula is C23H28N4O3S. The van der Waals surface area contributed by atoms with Crippen LogP contribution in [0.4, 0.5) is 0 Å². The van der Waals surface area contributed by atoms with Gasteiger partial charge in [0.1, 0.15) is 0 Å². The number of sulfonamides is 1. The molecule has 1 fully saturated rings. The van der Waals surface area contributed by atoms with Crippen LogP contribution >= 0.6 is 0 Å². The third kappa shape index (κ3) is 4.42. The second-order valence-electron chi connectivity index (χ2n) is 7.99. The van der Waals surface area contributed by atoms with Crippen LogP contribution < -0.4 is 5.56 Å². The second kappa shape index (κ2) is 8.90. The van der Waals surface area contributed by atoms with E-state index in [4.69, 9.17) is 0 Å². The van der Waals surface area contributed by atoms with Crippen molar-refractivity contribution in [3.63, 3.8) is 0 Å². The fourth-order valence-electron chi connectivity index (χ4n) is 4.07. The van der Waals surface area contributed by atoms with Gasteiger partial charge in [0.2, 0.25) is 10.0 Å². The van der Waals surface area contributed by atoms with E-state index in [9.17, 15) is 13.2 Å². The summed E-state index contributed by atoms with van der Waals surface area (Å²) in [7, 11) is -3.51. The first-order valence-corrected chi connectivity index (χ1v) is 12.1. The number of piperazine rings is 1. The van der Waals surface area contributed by atoms with Crippen LogP contribution in [-0.2, 0) is 23.1 Å². The van der Waals surface area contributed by atoms with E-state index in [-0.39, 0.29) is 5.56 Å². The smallest absolute Gasteiger partial charge is 0.275 e.